The molecule has 0 aromatic heterocycles. The molecule has 1 aromatic carbocycles. The lowest BCUT2D eigenvalue weighted by atomic mass is 9.97. The summed E-state index contributed by atoms with van der Waals surface area (Å²) in [7, 11) is 0. The summed E-state index contributed by atoms with van der Waals surface area (Å²) in [5.41, 5.74) is -0.308. The number of aromatic carboxylic acids is 2. The fourth-order valence-corrected chi connectivity index (χ4v) is 1.65. The summed E-state index contributed by atoms with van der Waals surface area (Å²) < 4.78 is 0. The van der Waals surface area contributed by atoms with Gasteiger partial charge in [-0.25, -0.2) is 0 Å². The zero-order valence-corrected chi connectivity index (χ0v) is 9.14. The van der Waals surface area contributed by atoms with Crippen LogP contribution in [0.2, 0.25) is 0 Å². The smallest absolute Gasteiger partial charge is 0.0724 e. The summed E-state index contributed by atoms with van der Waals surface area (Å²) in [6.07, 6.45) is 1.49. The maximum atomic E-state index is 10.9. The highest BCUT2D eigenvalue weighted by molar-refractivity contribution is 6.01. The molecular weight excluding hydrogens is 224 g/mol. The van der Waals surface area contributed by atoms with Gasteiger partial charge in [0.05, 0.1) is 11.9 Å². The van der Waals surface area contributed by atoms with E-state index in [4.69, 9.17) is 5.11 Å². The van der Waals surface area contributed by atoms with Gasteiger partial charge in [-0.15, -0.1) is 0 Å². The third-order valence-corrected chi connectivity index (χ3v) is 2.43. The maximum absolute atomic E-state index is 10.9. The van der Waals surface area contributed by atoms with Crippen LogP contribution in [0.3, 0.4) is 0 Å². The van der Waals surface area contributed by atoms with Gasteiger partial charge in [-0.05, 0) is 24.8 Å². The number of aliphatic hydroxyl groups excluding tert-OH is 1. The van der Waals surface area contributed by atoms with Crippen molar-refractivity contribution < 1.29 is 24.9 Å². The SMILES string of the molecule is O=C([O-])c1cccc(CCCCO)c1C(=O)[O-]. The van der Waals surface area contributed by atoms with Crippen molar-refractivity contribution in [2.24, 2.45) is 0 Å². The minimum atomic E-state index is -1.53. The third-order valence-electron chi connectivity index (χ3n) is 2.43. The molecule has 0 bridgehead atoms. The van der Waals surface area contributed by atoms with E-state index in [1.54, 1.807) is 0 Å². The molecule has 5 nitrogen and oxygen atoms in total. The fourth-order valence-electron chi connectivity index (χ4n) is 1.65. The summed E-state index contributed by atoms with van der Waals surface area (Å²) in [4.78, 5) is 21.7. The molecule has 0 amide bonds. The Balaban J connectivity index is 3.07. The van der Waals surface area contributed by atoms with Crippen LogP contribution in [0, 0.1) is 0 Å². The van der Waals surface area contributed by atoms with Gasteiger partial charge in [0.15, 0.2) is 0 Å². The van der Waals surface area contributed by atoms with Gasteiger partial charge in [0.1, 0.15) is 0 Å². The van der Waals surface area contributed by atoms with Crippen molar-refractivity contribution >= 4 is 11.9 Å². The van der Waals surface area contributed by atoms with E-state index >= 15 is 0 Å². The second kappa shape index (κ2) is 6.00. The van der Waals surface area contributed by atoms with Crippen molar-refractivity contribution in [2.75, 3.05) is 6.61 Å². The Morgan fingerprint density at radius 1 is 1.12 bits per heavy atom. The van der Waals surface area contributed by atoms with E-state index in [0.717, 1.165) is 0 Å². The lowest BCUT2D eigenvalue weighted by Gasteiger charge is -2.16. The fraction of sp³-hybridized carbons (Fsp3) is 0.333. The average molecular weight is 236 g/mol. The van der Waals surface area contributed by atoms with Crippen molar-refractivity contribution in [3.05, 3.63) is 34.9 Å². The van der Waals surface area contributed by atoms with Crippen molar-refractivity contribution in [3.63, 3.8) is 0 Å². The summed E-state index contributed by atoms with van der Waals surface area (Å²) in [6, 6.07) is 4.18. The van der Waals surface area contributed by atoms with Crippen LogP contribution in [0.15, 0.2) is 18.2 Å². The van der Waals surface area contributed by atoms with Crippen LogP contribution in [-0.4, -0.2) is 23.7 Å². The molecule has 92 valence electrons. The Bertz CT molecular complexity index is 425. The first-order valence-corrected chi connectivity index (χ1v) is 5.23. The summed E-state index contributed by atoms with van der Waals surface area (Å²) in [5.74, 6) is -3.06. The molecular formula is C12H12O5-2. The molecule has 17 heavy (non-hydrogen) atoms. The highest BCUT2D eigenvalue weighted by atomic mass is 16.4. The van der Waals surface area contributed by atoms with Crippen LogP contribution in [0.1, 0.15) is 39.1 Å². The van der Waals surface area contributed by atoms with Gasteiger partial charge >= 0.3 is 0 Å². The number of hydrogen-bond donors (Lipinski definition) is 1. The second-order valence-corrected chi connectivity index (χ2v) is 3.60. The first kappa shape index (κ1) is 13.2. The Labute approximate surface area is 98.3 Å². The maximum Gasteiger partial charge on any atom is 0.0724 e. The average Bonchev–Trinajstić information content (AvgIpc) is 2.28. The molecule has 0 fully saturated rings. The van der Waals surface area contributed by atoms with Gasteiger partial charge in [0.2, 0.25) is 0 Å². The van der Waals surface area contributed by atoms with Gasteiger partial charge in [0, 0.05) is 17.7 Å². The first-order valence-electron chi connectivity index (χ1n) is 5.23. The molecule has 0 saturated heterocycles. The quantitative estimate of drug-likeness (QED) is 0.620. The molecule has 5 heteroatoms. The van der Waals surface area contributed by atoms with Gasteiger partial charge in [0.25, 0.3) is 0 Å². The molecule has 0 spiro atoms. The van der Waals surface area contributed by atoms with E-state index in [0.29, 0.717) is 24.8 Å². The second-order valence-electron chi connectivity index (χ2n) is 3.60. The molecule has 0 radical (unpaired) electrons. The standard InChI is InChI=1S/C12H14O5/c13-7-2-1-4-8-5-3-6-9(11(14)15)10(8)12(16)17/h3,5-6,13H,1-2,4,7H2,(H,14,15)(H,16,17)/p-2. The van der Waals surface area contributed by atoms with Gasteiger partial charge < -0.3 is 24.9 Å². The van der Waals surface area contributed by atoms with Crippen LogP contribution in [-0.2, 0) is 6.42 Å². The normalized spacial score (nSPS) is 10.2. The number of aliphatic hydroxyl groups is 1. The monoisotopic (exact) mass is 236 g/mol. The number of carbonyl (C=O) groups excluding carboxylic acids is 2. The highest BCUT2D eigenvalue weighted by Gasteiger charge is 2.09. The highest BCUT2D eigenvalue weighted by Crippen LogP contribution is 2.16. The molecule has 0 aliphatic carbocycles. The molecule has 0 aliphatic heterocycles. The van der Waals surface area contributed by atoms with Crippen molar-refractivity contribution in [2.45, 2.75) is 19.3 Å². The van der Waals surface area contributed by atoms with E-state index < -0.39 is 11.9 Å². The van der Waals surface area contributed by atoms with E-state index in [2.05, 4.69) is 0 Å². The van der Waals surface area contributed by atoms with Crippen LogP contribution >= 0.6 is 0 Å². The molecule has 1 aromatic rings. The lowest BCUT2D eigenvalue weighted by molar-refractivity contribution is -0.259. The van der Waals surface area contributed by atoms with Gasteiger partial charge in [-0.1, -0.05) is 18.2 Å². The summed E-state index contributed by atoms with van der Waals surface area (Å²) in [6.45, 7) is 0.0147. The van der Waals surface area contributed by atoms with Crippen LogP contribution in [0.25, 0.3) is 0 Å². The Morgan fingerprint density at radius 2 is 1.82 bits per heavy atom. The lowest BCUT2D eigenvalue weighted by Crippen LogP contribution is -2.31. The number of aryl methyl sites for hydroxylation is 1. The minimum Gasteiger partial charge on any atom is -0.545 e. The van der Waals surface area contributed by atoms with Crippen LogP contribution in [0.4, 0.5) is 0 Å². The zero-order chi connectivity index (χ0) is 12.8. The summed E-state index contributed by atoms with van der Waals surface area (Å²) in [5, 5.41) is 30.3. The van der Waals surface area contributed by atoms with E-state index in [-0.39, 0.29) is 17.7 Å². The number of hydrogen-bond acceptors (Lipinski definition) is 5. The summed E-state index contributed by atoms with van der Waals surface area (Å²) >= 11 is 0. The van der Waals surface area contributed by atoms with E-state index in [1.807, 2.05) is 0 Å². The van der Waals surface area contributed by atoms with E-state index in [1.165, 1.54) is 18.2 Å². The van der Waals surface area contributed by atoms with Gasteiger partial charge in [-0.2, -0.15) is 0 Å². The Kier molecular flexibility index (Phi) is 4.66. The Hall–Kier alpha value is -1.88. The number of unbranched alkanes of at least 4 members (excludes halogenated alkanes) is 1. The minimum absolute atomic E-state index is 0.0147. The van der Waals surface area contributed by atoms with Gasteiger partial charge in [-0.3, -0.25) is 0 Å². The van der Waals surface area contributed by atoms with Crippen molar-refractivity contribution in [1.29, 1.82) is 0 Å². The molecule has 0 unspecified atom stereocenters. The number of carboxylic acids is 2. The molecule has 0 aliphatic rings. The van der Waals surface area contributed by atoms with E-state index in [9.17, 15) is 19.8 Å². The van der Waals surface area contributed by atoms with Crippen molar-refractivity contribution in [3.8, 4) is 0 Å². The molecule has 1 N–H and O–H groups in total. The first-order chi connectivity index (χ1) is 8.07. The predicted octanol–water partition coefficient (Wildman–Crippen LogP) is -1.27. The number of rotatable bonds is 6. The number of carboxylic acid groups (broad SMARTS) is 2. The molecule has 0 saturated carbocycles. The van der Waals surface area contributed by atoms with Crippen molar-refractivity contribution in [1.82, 2.24) is 0 Å². The topological polar surface area (TPSA) is 100 Å². The molecule has 0 heterocycles. The predicted molar refractivity (Wildman–Crippen MR) is 55.1 cm³/mol. The van der Waals surface area contributed by atoms with Crippen LogP contribution in [0.5, 0.6) is 0 Å². The molecule has 1 rings (SSSR count). The third kappa shape index (κ3) is 3.29. The van der Waals surface area contributed by atoms with Crippen LogP contribution < -0.4 is 10.2 Å². The Morgan fingerprint density at radius 3 is 2.35 bits per heavy atom. The number of benzene rings is 1. The largest absolute Gasteiger partial charge is 0.545 e. The number of carbonyl (C=O) groups is 2. The molecule has 0 atom stereocenters. The zero-order valence-electron chi connectivity index (χ0n) is 9.14.